The van der Waals surface area contributed by atoms with E-state index in [9.17, 15) is 9.59 Å². The number of halogens is 1. The minimum absolute atomic E-state index is 0.331. The molecule has 21 heavy (non-hydrogen) atoms. The Hall–Kier alpha value is -2.66. The van der Waals surface area contributed by atoms with Crippen LogP contribution in [-0.4, -0.2) is 22.0 Å². The van der Waals surface area contributed by atoms with Gasteiger partial charge in [0.05, 0.1) is 0 Å². The monoisotopic (exact) mass is 302 g/mol. The number of aromatic nitrogens is 1. The van der Waals surface area contributed by atoms with E-state index in [1.807, 2.05) is 0 Å². The standard InChI is InChI=1S/C15H11ClN2O3/c16-11-2-4-12(5-3-11)18-15(21)13-7-8-17-9-10(13)1-6-14(19)20/h1-9H,(H,18,21)(H,19,20). The summed E-state index contributed by atoms with van der Waals surface area (Å²) in [4.78, 5) is 26.7. The summed E-state index contributed by atoms with van der Waals surface area (Å²) in [7, 11) is 0. The Morgan fingerprint density at radius 1 is 1.19 bits per heavy atom. The summed E-state index contributed by atoms with van der Waals surface area (Å²) < 4.78 is 0. The number of aliphatic carboxylic acids is 1. The van der Waals surface area contributed by atoms with Gasteiger partial charge in [-0.05, 0) is 36.4 Å². The van der Waals surface area contributed by atoms with Gasteiger partial charge in [-0.15, -0.1) is 0 Å². The third-order valence-electron chi connectivity index (χ3n) is 2.60. The summed E-state index contributed by atoms with van der Waals surface area (Å²) >= 11 is 5.78. The molecule has 5 nitrogen and oxygen atoms in total. The molecule has 106 valence electrons. The van der Waals surface area contributed by atoms with E-state index in [4.69, 9.17) is 16.7 Å². The highest BCUT2D eigenvalue weighted by molar-refractivity contribution is 6.30. The Morgan fingerprint density at radius 2 is 1.90 bits per heavy atom. The number of amides is 1. The van der Waals surface area contributed by atoms with E-state index in [0.717, 1.165) is 6.08 Å². The number of benzene rings is 1. The molecule has 0 unspecified atom stereocenters. The molecule has 0 saturated heterocycles. The number of hydrogen-bond acceptors (Lipinski definition) is 3. The van der Waals surface area contributed by atoms with Crippen LogP contribution in [0.2, 0.25) is 5.02 Å². The van der Waals surface area contributed by atoms with Crippen LogP contribution in [0, 0.1) is 0 Å². The van der Waals surface area contributed by atoms with E-state index >= 15 is 0 Å². The van der Waals surface area contributed by atoms with E-state index in [0.29, 0.717) is 21.8 Å². The second kappa shape index (κ2) is 6.67. The summed E-state index contributed by atoms with van der Waals surface area (Å²) in [6.07, 6.45) is 5.17. The van der Waals surface area contributed by atoms with Crippen molar-refractivity contribution in [2.45, 2.75) is 0 Å². The topological polar surface area (TPSA) is 79.3 Å². The zero-order valence-corrected chi connectivity index (χ0v) is 11.5. The van der Waals surface area contributed by atoms with Gasteiger partial charge in [-0.2, -0.15) is 0 Å². The first-order chi connectivity index (χ1) is 10.1. The van der Waals surface area contributed by atoms with E-state index in [2.05, 4.69) is 10.3 Å². The number of carbonyl (C=O) groups is 2. The molecule has 0 aliphatic carbocycles. The fourth-order valence-corrected chi connectivity index (χ4v) is 1.76. The molecule has 0 bridgehead atoms. The molecule has 0 saturated carbocycles. The van der Waals surface area contributed by atoms with Crippen LogP contribution < -0.4 is 5.32 Å². The fourth-order valence-electron chi connectivity index (χ4n) is 1.64. The second-order valence-electron chi connectivity index (χ2n) is 4.10. The molecule has 1 aromatic heterocycles. The van der Waals surface area contributed by atoms with Gasteiger partial charge in [0, 0.05) is 40.3 Å². The number of carboxylic acid groups (broad SMARTS) is 1. The average Bonchev–Trinajstić information content (AvgIpc) is 2.47. The molecule has 1 aromatic carbocycles. The van der Waals surface area contributed by atoms with Crippen LogP contribution in [0.4, 0.5) is 5.69 Å². The molecule has 6 heteroatoms. The summed E-state index contributed by atoms with van der Waals surface area (Å²) in [5.41, 5.74) is 1.35. The molecule has 0 spiro atoms. The molecule has 1 amide bonds. The maximum Gasteiger partial charge on any atom is 0.328 e. The van der Waals surface area contributed by atoms with Crippen molar-refractivity contribution in [1.29, 1.82) is 0 Å². The first-order valence-corrected chi connectivity index (χ1v) is 6.36. The quantitative estimate of drug-likeness (QED) is 0.851. The Balaban J connectivity index is 2.23. The lowest BCUT2D eigenvalue weighted by atomic mass is 10.1. The maximum absolute atomic E-state index is 12.2. The third-order valence-corrected chi connectivity index (χ3v) is 2.86. The number of carboxylic acids is 1. The van der Waals surface area contributed by atoms with Crippen LogP contribution in [0.25, 0.3) is 6.08 Å². The van der Waals surface area contributed by atoms with Crippen LogP contribution in [0.3, 0.4) is 0 Å². The lowest BCUT2D eigenvalue weighted by Gasteiger charge is -2.07. The number of nitrogens with zero attached hydrogens (tertiary/aromatic N) is 1. The maximum atomic E-state index is 12.2. The summed E-state index contributed by atoms with van der Waals surface area (Å²) in [6.45, 7) is 0. The van der Waals surface area contributed by atoms with Gasteiger partial charge in [-0.1, -0.05) is 11.6 Å². The predicted molar refractivity (Wildman–Crippen MR) is 80.3 cm³/mol. The average molecular weight is 303 g/mol. The smallest absolute Gasteiger partial charge is 0.328 e. The molecule has 2 N–H and O–H groups in total. The van der Waals surface area contributed by atoms with Crippen molar-refractivity contribution < 1.29 is 14.7 Å². The highest BCUT2D eigenvalue weighted by Crippen LogP contribution is 2.16. The van der Waals surface area contributed by atoms with E-state index in [-0.39, 0.29) is 5.91 Å². The largest absolute Gasteiger partial charge is 0.478 e. The van der Waals surface area contributed by atoms with Gasteiger partial charge >= 0.3 is 5.97 Å². The van der Waals surface area contributed by atoms with Crippen LogP contribution in [-0.2, 0) is 4.79 Å². The van der Waals surface area contributed by atoms with Crippen molar-refractivity contribution in [2.75, 3.05) is 5.32 Å². The highest BCUT2D eigenvalue weighted by Gasteiger charge is 2.10. The Morgan fingerprint density at radius 3 is 2.57 bits per heavy atom. The van der Waals surface area contributed by atoms with Gasteiger partial charge in [-0.3, -0.25) is 9.78 Å². The summed E-state index contributed by atoms with van der Waals surface area (Å²) in [5, 5.41) is 11.9. The lowest BCUT2D eigenvalue weighted by Crippen LogP contribution is -2.13. The summed E-state index contributed by atoms with van der Waals surface area (Å²) in [5.74, 6) is -1.45. The van der Waals surface area contributed by atoms with Crippen LogP contribution in [0.5, 0.6) is 0 Å². The zero-order valence-electron chi connectivity index (χ0n) is 10.8. The fraction of sp³-hybridized carbons (Fsp3) is 0. The minimum atomic E-state index is -1.09. The SMILES string of the molecule is O=C(O)C=Cc1cnccc1C(=O)Nc1ccc(Cl)cc1. The normalized spacial score (nSPS) is 10.5. The van der Waals surface area contributed by atoms with E-state index < -0.39 is 5.97 Å². The molecule has 0 atom stereocenters. The molecule has 0 fully saturated rings. The summed E-state index contributed by atoms with van der Waals surface area (Å²) in [6, 6.07) is 8.19. The molecule has 0 radical (unpaired) electrons. The van der Waals surface area contributed by atoms with E-state index in [1.54, 1.807) is 24.3 Å². The van der Waals surface area contributed by atoms with Crippen molar-refractivity contribution >= 4 is 35.2 Å². The van der Waals surface area contributed by atoms with Gasteiger partial charge in [-0.25, -0.2) is 4.79 Å². The van der Waals surface area contributed by atoms with Gasteiger partial charge in [0.25, 0.3) is 5.91 Å². The molecular formula is C15H11ClN2O3. The third kappa shape index (κ3) is 4.15. The van der Waals surface area contributed by atoms with Crippen molar-refractivity contribution in [2.24, 2.45) is 0 Å². The number of anilines is 1. The number of carbonyl (C=O) groups excluding carboxylic acids is 1. The number of nitrogens with one attached hydrogen (secondary N) is 1. The molecule has 1 heterocycles. The Labute approximate surface area is 125 Å². The Kier molecular flexibility index (Phi) is 4.68. The van der Waals surface area contributed by atoms with Crippen molar-refractivity contribution in [1.82, 2.24) is 4.98 Å². The molecule has 0 aliphatic rings. The second-order valence-corrected chi connectivity index (χ2v) is 4.53. The minimum Gasteiger partial charge on any atom is -0.478 e. The van der Waals surface area contributed by atoms with Gasteiger partial charge in [0.15, 0.2) is 0 Å². The zero-order chi connectivity index (χ0) is 15.2. The van der Waals surface area contributed by atoms with Crippen molar-refractivity contribution in [3.63, 3.8) is 0 Å². The predicted octanol–water partition coefficient (Wildman–Crippen LogP) is 3.09. The molecule has 0 aliphatic heterocycles. The van der Waals surface area contributed by atoms with Gasteiger partial charge in [0.1, 0.15) is 0 Å². The first-order valence-electron chi connectivity index (χ1n) is 5.98. The lowest BCUT2D eigenvalue weighted by molar-refractivity contribution is -0.131. The van der Waals surface area contributed by atoms with Gasteiger partial charge < -0.3 is 10.4 Å². The number of rotatable bonds is 4. The number of hydrogen-bond donors (Lipinski definition) is 2. The van der Waals surface area contributed by atoms with E-state index in [1.165, 1.54) is 24.5 Å². The van der Waals surface area contributed by atoms with Gasteiger partial charge in [0.2, 0.25) is 0 Å². The van der Waals surface area contributed by atoms with Crippen molar-refractivity contribution in [3.05, 3.63) is 65.0 Å². The molecular weight excluding hydrogens is 292 g/mol. The van der Waals surface area contributed by atoms with Crippen LogP contribution in [0.1, 0.15) is 15.9 Å². The Bertz CT molecular complexity index is 696. The van der Waals surface area contributed by atoms with Crippen molar-refractivity contribution in [3.8, 4) is 0 Å². The molecule has 2 aromatic rings. The first kappa shape index (κ1) is 14.7. The van der Waals surface area contributed by atoms with Crippen LogP contribution in [0.15, 0.2) is 48.8 Å². The highest BCUT2D eigenvalue weighted by atomic mass is 35.5. The molecule has 2 rings (SSSR count). The number of pyridine rings is 1. The van der Waals surface area contributed by atoms with Crippen LogP contribution >= 0.6 is 11.6 Å².